The smallest absolute Gasteiger partial charge is 0.213 e. The number of fused-ring (bicyclic) bond motifs is 1. The SMILES string of the molecule is C#Cc1cnc2c(C#N)cc(N[C@H](C3=CN(C(C)(C)C4CC4)NN3)c3ccc(F)nc3C)cc2c1NCC(C)(C)C. The van der Waals surface area contributed by atoms with Gasteiger partial charge < -0.3 is 16.1 Å². The van der Waals surface area contributed by atoms with Gasteiger partial charge in [-0.2, -0.15) is 9.65 Å². The number of hydrogen-bond acceptors (Lipinski definition) is 8. The van der Waals surface area contributed by atoms with Gasteiger partial charge in [0.2, 0.25) is 5.95 Å². The van der Waals surface area contributed by atoms with Crippen LogP contribution < -0.4 is 21.6 Å². The lowest BCUT2D eigenvalue weighted by atomic mass is 9.96. The standard InChI is InChI=1S/C32H37FN8/c1-8-20-16-35-29-21(15-34)13-23(14-25(29)28(20)36-18-31(3,4)5)38-30(24-11-12-27(33)37-19(24)2)26-17-41(40-39-26)32(6,7)22-9-10-22/h1,11-14,16-17,22,30,38-40H,9-10,18H2,2-7H3,(H,35,36)/t30-/m0/s1. The fourth-order valence-electron chi connectivity index (χ4n) is 5.23. The highest BCUT2D eigenvalue weighted by atomic mass is 19.1. The van der Waals surface area contributed by atoms with Gasteiger partial charge in [0.15, 0.2) is 0 Å². The van der Waals surface area contributed by atoms with Crippen LogP contribution in [0.25, 0.3) is 10.9 Å². The highest BCUT2D eigenvalue weighted by Gasteiger charge is 2.43. The Morgan fingerprint density at radius 1 is 1.20 bits per heavy atom. The summed E-state index contributed by atoms with van der Waals surface area (Å²) in [5.41, 5.74) is 11.8. The van der Waals surface area contributed by atoms with E-state index in [0.29, 0.717) is 40.5 Å². The molecule has 1 aliphatic carbocycles. The maximum absolute atomic E-state index is 14.0. The third kappa shape index (κ3) is 5.77. The molecule has 0 radical (unpaired) electrons. The zero-order valence-electron chi connectivity index (χ0n) is 24.5. The zero-order valence-corrected chi connectivity index (χ0v) is 24.5. The molecule has 1 saturated carbocycles. The summed E-state index contributed by atoms with van der Waals surface area (Å²) in [5, 5.41) is 20.0. The van der Waals surface area contributed by atoms with E-state index in [1.165, 1.54) is 18.9 Å². The van der Waals surface area contributed by atoms with E-state index in [1.54, 1.807) is 25.3 Å². The second-order valence-corrected chi connectivity index (χ2v) is 12.6. The number of terminal acetylenes is 1. The fraction of sp³-hybridized carbons (Fsp3) is 0.406. The molecule has 212 valence electrons. The predicted octanol–water partition coefficient (Wildman–Crippen LogP) is 5.90. The van der Waals surface area contributed by atoms with E-state index in [9.17, 15) is 9.65 Å². The molecule has 0 spiro atoms. The maximum atomic E-state index is 14.0. The number of aryl methyl sites for hydroxylation is 1. The Labute approximate surface area is 241 Å². The Kier molecular flexibility index (Phi) is 7.27. The molecule has 2 aliphatic rings. The molecule has 2 aromatic heterocycles. The second kappa shape index (κ2) is 10.6. The first kappa shape index (κ1) is 28.2. The van der Waals surface area contributed by atoms with Gasteiger partial charge in [0, 0.05) is 41.3 Å². The molecule has 5 rings (SSSR count). The van der Waals surface area contributed by atoms with E-state index in [4.69, 9.17) is 6.42 Å². The van der Waals surface area contributed by atoms with Crippen molar-refractivity contribution in [2.75, 3.05) is 17.2 Å². The van der Waals surface area contributed by atoms with Gasteiger partial charge in [-0.3, -0.25) is 9.99 Å². The Hall–Kier alpha value is -4.34. The molecule has 41 heavy (non-hydrogen) atoms. The topological polar surface area (TPSA) is 101 Å². The molecule has 0 amide bonds. The summed E-state index contributed by atoms with van der Waals surface area (Å²) in [6, 6.07) is 8.73. The van der Waals surface area contributed by atoms with Crippen LogP contribution in [0.4, 0.5) is 15.8 Å². The quantitative estimate of drug-likeness (QED) is 0.203. The van der Waals surface area contributed by atoms with E-state index >= 15 is 0 Å². The van der Waals surface area contributed by atoms with E-state index in [2.05, 4.69) is 89.4 Å². The zero-order chi connectivity index (χ0) is 29.5. The van der Waals surface area contributed by atoms with Crippen molar-refractivity contribution in [3.63, 3.8) is 0 Å². The molecule has 1 aromatic carbocycles. The monoisotopic (exact) mass is 552 g/mol. The van der Waals surface area contributed by atoms with Crippen LogP contribution in [-0.2, 0) is 0 Å². The van der Waals surface area contributed by atoms with E-state index in [1.807, 2.05) is 6.07 Å². The Morgan fingerprint density at radius 2 is 1.95 bits per heavy atom. The molecular formula is C32H37FN8. The summed E-state index contributed by atoms with van der Waals surface area (Å²) in [6.07, 6.45) is 11.9. The summed E-state index contributed by atoms with van der Waals surface area (Å²) in [6.45, 7) is 13.3. The van der Waals surface area contributed by atoms with Crippen LogP contribution in [0, 0.1) is 47.9 Å². The van der Waals surface area contributed by atoms with E-state index in [0.717, 1.165) is 22.3 Å². The first-order chi connectivity index (χ1) is 19.4. The highest BCUT2D eigenvalue weighted by molar-refractivity contribution is 5.99. The third-order valence-electron chi connectivity index (χ3n) is 7.85. The van der Waals surface area contributed by atoms with Gasteiger partial charge in [0.25, 0.3) is 0 Å². The average molecular weight is 553 g/mol. The molecular weight excluding hydrogens is 515 g/mol. The van der Waals surface area contributed by atoms with Crippen LogP contribution in [0.2, 0.25) is 0 Å². The second-order valence-electron chi connectivity index (χ2n) is 12.6. The number of nitriles is 1. The van der Waals surface area contributed by atoms with Gasteiger partial charge in [-0.25, -0.2) is 4.98 Å². The Morgan fingerprint density at radius 3 is 2.59 bits per heavy atom. The molecule has 0 saturated heterocycles. The van der Waals surface area contributed by atoms with Gasteiger partial charge >= 0.3 is 0 Å². The van der Waals surface area contributed by atoms with Gasteiger partial charge in [-0.05, 0) is 63.1 Å². The van der Waals surface area contributed by atoms with Crippen molar-refractivity contribution in [1.82, 2.24) is 25.9 Å². The summed E-state index contributed by atoms with van der Waals surface area (Å²) < 4.78 is 14.0. The minimum atomic E-state index is -0.534. The van der Waals surface area contributed by atoms with Crippen molar-refractivity contribution < 1.29 is 4.39 Å². The van der Waals surface area contributed by atoms with Crippen LogP contribution in [0.3, 0.4) is 0 Å². The van der Waals surface area contributed by atoms with Crippen LogP contribution in [0.5, 0.6) is 0 Å². The number of nitrogens with zero attached hydrogens (tertiary/aromatic N) is 4. The lowest BCUT2D eigenvalue weighted by Gasteiger charge is -2.34. The largest absolute Gasteiger partial charge is 0.383 e. The Bertz CT molecular complexity index is 1600. The fourth-order valence-corrected chi connectivity index (χ4v) is 5.23. The van der Waals surface area contributed by atoms with Crippen LogP contribution in [0.1, 0.15) is 75.9 Å². The van der Waals surface area contributed by atoms with Crippen molar-refractivity contribution in [2.24, 2.45) is 11.3 Å². The molecule has 3 aromatic rings. The van der Waals surface area contributed by atoms with Crippen molar-refractivity contribution in [1.29, 1.82) is 5.26 Å². The summed E-state index contributed by atoms with van der Waals surface area (Å²) >= 11 is 0. The van der Waals surface area contributed by atoms with Crippen molar-refractivity contribution in [3.05, 3.63) is 70.7 Å². The number of halogens is 1. The summed E-state index contributed by atoms with van der Waals surface area (Å²) in [4.78, 5) is 8.63. The minimum Gasteiger partial charge on any atom is -0.383 e. The van der Waals surface area contributed by atoms with Crippen molar-refractivity contribution in [3.8, 4) is 18.4 Å². The molecule has 1 aliphatic heterocycles. The molecule has 0 bridgehead atoms. The van der Waals surface area contributed by atoms with Gasteiger partial charge in [-0.15, -0.1) is 12.0 Å². The first-order valence-electron chi connectivity index (χ1n) is 13.9. The van der Waals surface area contributed by atoms with Crippen LogP contribution in [0.15, 0.2) is 42.4 Å². The first-order valence-corrected chi connectivity index (χ1v) is 13.9. The lowest BCUT2D eigenvalue weighted by Crippen LogP contribution is -2.50. The number of aromatic nitrogens is 2. The number of benzene rings is 1. The minimum absolute atomic E-state index is 0.00131. The molecule has 4 N–H and O–H groups in total. The van der Waals surface area contributed by atoms with E-state index in [-0.39, 0.29) is 11.0 Å². The van der Waals surface area contributed by atoms with Crippen molar-refractivity contribution >= 4 is 22.3 Å². The van der Waals surface area contributed by atoms with Crippen LogP contribution in [-0.4, -0.2) is 27.1 Å². The van der Waals surface area contributed by atoms with Crippen LogP contribution >= 0.6 is 0 Å². The van der Waals surface area contributed by atoms with E-state index < -0.39 is 12.0 Å². The Balaban J connectivity index is 1.61. The number of hydrogen-bond donors (Lipinski definition) is 4. The number of rotatable bonds is 8. The molecule has 1 atom stereocenters. The van der Waals surface area contributed by atoms with Gasteiger partial charge in [-0.1, -0.05) is 32.8 Å². The lowest BCUT2D eigenvalue weighted by molar-refractivity contribution is 0.100. The maximum Gasteiger partial charge on any atom is 0.213 e. The molecule has 9 heteroatoms. The molecule has 3 heterocycles. The van der Waals surface area contributed by atoms with Gasteiger partial charge in [0.1, 0.15) is 6.07 Å². The average Bonchev–Trinajstić information content (AvgIpc) is 3.67. The number of hydrazine groups is 2. The summed E-state index contributed by atoms with van der Waals surface area (Å²) in [7, 11) is 0. The van der Waals surface area contributed by atoms with Crippen molar-refractivity contribution in [2.45, 2.75) is 66.0 Å². The predicted molar refractivity (Wildman–Crippen MR) is 161 cm³/mol. The summed E-state index contributed by atoms with van der Waals surface area (Å²) in [5.74, 6) is 2.80. The molecule has 0 unspecified atom stereocenters. The highest BCUT2D eigenvalue weighted by Crippen LogP contribution is 2.43. The number of nitrogens with one attached hydrogen (secondary N) is 4. The molecule has 8 nitrogen and oxygen atoms in total. The van der Waals surface area contributed by atoms with Gasteiger partial charge in [0.05, 0.1) is 39.6 Å². The normalized spacial score (nSPS) is 16.0. The third-order valence-corrected chi connectivity index (χ3v) is 7.85. The number of anilines is 2. The molecule has 1 fully saturated rings. The number of pyridine rings is 2.